The van der Waals surface area contributed by atoms with E-state index in [0.717, 1.165) is 5.56 Å². The fourth-order valence-electron chi connectivity index (χ4n) is 3.04. The number of carboxylic acid groups (broad SMARTS) is 1. The molecule has 0 saturated heterocycles. The maximum absolute atomic E-state index is 12.7. The lowest BCUT2D eigenvalue weighted by Crippen LogP contribution is -2.55. The molecule has 2 aromatic carbocycles. The summed E-state index contributed by atoms with van der Waals surface area (Å²) >= 11 is 3.92. The molecule has 0 bridgehead atoms. The van der Waals surface area contributed by atoms with Crippen molar-refractivity contribution in [2.75, 3.05) is 12.3 Å². The zero-order chi connectivity index (χ0) is 25.1. The van der Waals surface area contributed by atoms with Gasteiger partial charge in [0.1, 0.15) is 17.8 Å². The lowest BCUT2D eigenvalue weighted by atomic mass is 10.0. The molecule has 0 aliphatic carbocycles. The van der Waals surface area contributed by atoms with Gasteiger partial charge in [0.05, 0.1) is 12.6 Å². The van der Waals surface area contributed by atoms with Crippen molar-refractivity contribution in [1.82, 2.24) is 16.0 Å². The van der Waals surface area contributed by atoms with E-state index in [1.54, 1.807) is 12.1 Å². The summed E-state index contributed by atoms with van der Waals surface area (Å²) in [5.74, 6) is -3.29. The summed E-state index contributed by atoms with van der Waals surface area (Å²) in [6.45, 7) is -0.421. The molecule has 0 aromatic heterocycles. The van der Waals surface area contributed by atoms with Gasteiger partial charge in [-0.25, -0.2) is 4.79 Å². The number of amides is 3. The third-order valence-electron chi connectivity index (χ3n) is 4.88. The highest BCUT2D eigenvalue weighted by Gasteiger charge is 2.26. The van der Waals surface area contributed by atoms with Gasteiger partial charge in [-0.1, -0.05) is 42.5 Å². The smallest absolute Gasteiger partial charge is 0.327 e. The van der Waals surface area contributed by atoms with Gasteiger partial charge in [-0.3, -0.25) is 14.4 Å². The van der Waals surface area contributed by atoms with Crippen molar-refractivity contribution in [2.45, 2.75) is 31.0 Å². The predicted molar refractivity (Wildman–Crippen MR) is 128 cm³/mol. The van der Waals surface area contributed by atoms with Crippen LogP contribution in [0.3, 0.4) is 0 Å². The van der Waals surface area contributed by atoms with E-state index in [1.807, 2.05) is 30.3 Å². The fraction of sp³-hybridized carbons (Fsp3) is 0.304. The van der Waals surface area contributed by atoms with Crippen molar-refractivity contribution in [3.05, 3.63) is 65.7 Å². The Bertz CT molecular complexity index is 987. The summed E-state index contributed by atoms with van der Waals surface area (Å²) in [7, 11) is 0. The molecule has 0 saturated carbocycles. The van der Waals surface area contributed by atoms with E-state index in [4.69, 9.17) is 5.73 Å². The molecule has 0 heterocycles. The first-order valence-electron chi connectivity index (χ1n) is 10.5. The minimum atomic E-state index is -1.27. The van der Waals surface area contributed by atoms with Crippen LogP contribution in [0, 0.1) is 0 Å². The van der Waals surface area contributed by atoms with E-state index in [-0.39, 0.29) is 17.9 Å². The number of aliphatic carboxylic acids is 1. The van der Waals surface area contributed by atoms with E-state index >= 15 is 0 Å². The first-order chi connectivity index (χ1) is 16.2. The van der Waals surface area contributed by atoms with Crippen LogP contribution in [0.25, 0.3) is 0 Å². The highest BCUT2D eigenvalue weighted by atomic mass is 32.1. The molecule has 34 heavy (non-hydrogen) atoms. The maximum Gasteiger partial charge on any atom is 0.327 e. The molecule has 0 aliphatic rings. The molecule has 2 aromatic rings. The van der Waals surface area contributed by atoms with Crippen LogP contribution in [0.1, 0.15) is 11.1 Å². The molecule has 7 N–H and O–H groups in total. The van der Waals surface area contributed by atoms with Gasteiger partial charge in [-0.2, -0.15) is 12.6 Å². The Morgan fingerprint density at radius 3 is 2.06 bits per heavy atom. The number of hydrogen-bond acceptors (Lipinski definition) is 7. The van der Waals surface area contributed by atoms with Crippen LogP contribution in [-0.4, -0.2) is 64.3 Å². The van der Waals surface area contributed by atoms with Gasteiger partial charge in [0.15, 0.2) is 0 Å². The monoisotopic (exact) mass is 488 g/mol. The largest absolute Gasteiger partial charge is 0.508 e. The van der Waals surface area contributed by atoms with Gasteiger partial charge in [0.25, 0.3) is 0 Å². The average Bonchev–Trinajstić information content (AvgIpc) is 2.82. The van der Waals surface area contributed by atoms with Crippen LogP contribution >= 0.6 is 12.6 Å². The number of carbonyl (C=O) groups excluding carboxylic acids is 3. The number of thiol groups is 1. The number of benzene rings is 2. The topological polar surface area (TPSA) is 171 Å². The van der Waals surface area contributed by atoms with Gasteiger partial charge in [0, 0.05) is 12.2 Å². The van der Waals surface area contributed by atoms with Crippen molar-refractivity contribution >= 4 is 36.3 Å². The molecule has 182 valence electrons. The third-order valence-corrected chi connectivity index (χ3v) is 5.25. The third kappa shape index (κ3) is 8.75. The molecule has 10 nitrogen and oxygen atoms in total. The van der Waals surface area contributed by atoms with Gasteiger partial charge in [-0.15, -0.1) is 0 Å². The molecule has 3 unspecified atom stereocenters. The average molecular weight is 489 g/mol. The van der Waals surface area contributed by atoms with Gasteiger partial charge in [-0.05, 0) is 29.7 Å². The summed E-state index contributed by atoms with van der Waals surface area (Å²) in [6.07, 6.45) is 0.318. The first kappa shape index (κ1) is 26.7. The summed E-state index contributed by atoms with van der Waals surface area (Å²) in [5.41, 5.74) is 7.39. The zero-order valence-electron chi connectivity index (χ0n) is 18.3. The Balaban J connectivity index is 1.98. The van der Waals surface area contributed by atoms with Crippen molar-refractivity contribution < 1.29 is 29.4 Å². The Kier molecular flexibility index (Phi) is 10.4. The van der Waals surface area contributed by atoms with E-state index < -0.39 is 48.4 Å². The summed E-state index contributed by atoms with van der Waals surface area (Å²) < 4.78 is 0. The standard InChI is InChI=1S/C23H28N4O6S/c24-17(10-14-4-2-1-3-5-14)21(30)25-12-20(29)26-18(11-15-6-8-16(28)9-7-15)22(31)27-19(13-34)23(32)33/h1-9,17-19,28,34H,10-13,24H2,(H,25,30)(H,26,29)(H,27,31)(H,32,33). The van der Waals surface area contributed by atoms with Crippen molar-refractivity contribution in [3.63, 3.8) is 0 Å². The number of rotatable bonds is 12. The molecule has 0 fully saturated rings. The molecule has 0 aliphatic heterocycles. The first-order valence-corrected chi connectivity index (χ1v) is 11.1. The zero-order valence-corrected chi connectivity index (χ0v) is 19.2. The van der Waals surface area contributed by atoms with E-state index in [0.29, 0.717) is 12.0 Å². The minimum Gasteiger partial charge on any atom is -0.508 e. The Morgan fingerprint density at radius 1 is 0.853 bits per heavy atom. The second-order valence-electron chi connectivity index (χ2n) is 7.59. The highest BCUT2D eigenvalue weighted by Crippen LogP contribution is 2.12. The molecule has 11 heteroatoms. The van der Waals surface area contributed by atoms with Gasteiger partial charge in [0.2, 0.25) is 17.7 Å². The molecule has 3 atom stereocenters. The number of nitrogens with one attached hydrogen (secondary N) is 3. The molecule has 0 radical (unpaired) electrons. The van der Waals surface area contributed by atoms with E-state index in [9.17, 15) is 29.4 Å². The molecular formula is C23H28N4O6S. The minimum absolute atomic E-state index is 0.0260. The number of phenolic OH excluding ortho intramolecular Hbond substituents is 1. The van der Waals surface area contributed by atoms with Crippen LogP contribution in [-0.2, 0) is 32.0 Å². The van der Waals surface area contributed by atoms with Crippen LogP contribution in [0.2, 0.25) is 0 Å². The van der Waals surface area contributed by atoms with Crippen LogP contribution in [0.5, 0.6) is 5.75 Å². The molecule has 3 amide bonds. The summed E-state index contributed by atoms with van der Waals surface area (Å²) in [4.78, 5) is 48.7. The van der Waals surface area contributed by atoms with Crippen molar-refractivity contribution in [1.29, 1.82) is 0 Å². The lowest BCUT2D eigenvalue weighted by molar-refractivity contribution is -0.141. The van der Waals surface area contributed by atoms with E-state index in [1.165, 1.54) is 12.1 Å². The normalized spacial score (nSPS) is 13.2. The maximum atomic E-state index is 12.7. The van der Waals surface area contributed by atoms with Crippen LogP contribution < -0.4 is 21.7 Å². The molecule has 0 spiro atoms. The second kappa shape index (κ2) is 13.2. The number of phenols is 1. The molecular weight excluding hydrogens is 460 g/mol. The molecule has 2 rings (SSSR count). The number of aromatic hydroxyl groups is 1. The number of nitrogens with two attached hydrogens (primary N) is 1. The van der Waals surface area contributed by atoms with Crippen LogP contribution in [0.4, 0.5) is 0 Å². The van der Waals surface area contributed by atoms with Crippen molar-refractivity contribution in [3.8, 4) is 5.75 Å². The number of carbonyl (C=O) groups is 4. The Hall–Kier alpha value is -3.57. The fourth-order valence-corrected chi connectivity index (χ4v) is 3.29. The SMILES string of the molecule is NC(Cc1ccccc1)C(=O)NCC(=O)NC(Cc1ccc(O)cc1)C(=O)NC(CS)C(=O)O. The summed E-state index contributed by atoms with van der Waals surface area (Å²) in [5, 5.41) is 25.9. The summed E-state index contributed by atoms with van der Waals surface area (Å²) in [6, 6.07) is 11.9. The lowest BCUT2D eigenvalue weighted by Gasteiger charge is -2.21. The highest BCUT2D eigenvalue weighted by molar-refractivity contribution is 7.80. The van der Waals surface area contributed by atoms with Crippen molar-refractivity contribution in [2.24, 2.45) is 5.73 Å². The van der Waals surface area contributed by atoms with Gasteiger partial charge < -0.3 is 31.9 Å². The quantitative estimate of drug-likeness (QED) is 0.199. The van der Waals surface area contributed by atoms with E-state index in [2.05, 4.69) is 28.6 Å². The Morgan fingerprint density at radius 2 is 1.47 bits per heavy atom. The predicted octanol–water partition coefficient (Wildman–Crippen LogP) is -0.395. The van der Waals surface area contributed by atoms with Gasteiger partial charge >= 0.3 is 5.97 Å². The Labute approximate surface area is 202 Å². The van der Waals surface area contributed by atoms with Crippen LogP contribution in [0.15, 0.2) is 54.6 Å². The number of hydrogen-bond donors (Lipinski definition) is 7. The number of carboxylic acids is 1. The second-order valence-corrected chi connectivity index (χ2v) is 7.95.